The van der Waals surface area contributed by atoms with Crippen molar-refractivity contribution in [3.8, 4) is 11.3 Å². The molecular formula is C23H23N7O. The van der Waals surface area contributed by atoms with Gasteiger partial charge >= 0.3 is 0 Å². The molecule has 1 aromatic carbocycles. The van der Waals surface area contributed by atoms with Gasteiger partial charge in [-0.2, -0.15) is 0 Å². The average molecular weight is 413 g/mol. The van der Waals surface area contributed by atoms with E-state index in [0.717, 1.165) is 27.7 Å². The maximum Gasteiger partial charge on any atom is 0.251 e. The molecule has 4 aromatic rings. The molecule has 0 saturated carbocycles. The van der Waals surface area contributed by atoms with Crippen molar-refractivity contribution < 1.29 is 4.79 Å². The van der Waals surface area contributed by atoms with Crippen molar-refractivity contribution >= 4 is 28.4 Å². The number of hydrogen-bond acceptors (Lipinski definition) is 7. The highest BCUT2D eigenvalue weighted by Crippen LogP contribution is 2.27. The van der Waals surface area contributed by atoms with E-state index >= 15 is 0 Å². The van der Waals surface area contributed by atoms with Crippen LogP contribution in [0.25, 0.3) is 22.2 Å². The number of nitrogen functional groups attached to an aromatic ring is 1. The van der Waals surface area contributed by atoms with Crippen LogP contribution in [0.15, 0.2) is 61.2 Å². The second-order valence-electron chi connectivity index (χ2n) is 7.22. The van der Waals surface area contributed by atoms with Crippen molar-refractivity contribution in [1.29, 1.82) is 0 Å². The van der Waals surface area contributed by atoms with Gasteiger partial charge in [0.25, 0.3) is 5.91 Å². The quantitative estimate of drug-likeness (QED) is 0.444. The second-order valence-corrected chi connectivity index (χ2v) is 7.22. The molecule has 0 unspecified atom stereocenters. The summed E-state index contributed by atoms with van der Waals surface area (Å²) < 4.78 is 0. The highest BCUT2D eigenvalue weighted by Gasteiger charge is 2.15. The summed E-state index contributed by atoms with van der Waals surface area (Å²) in [6, 6.07) is 13.2. The zero-order valence-electron chi connectivity index (χ0n) is 17.3. The fourth-order valence-electron chi connectivity index (χ4n) is 3.52. The molecule has 0 bridgehead atoms. The summed E-state index contributed by atoms with van der Waals surface area (Å²) in [7, 11) is 1.63. The van der Waals surface area contributed by atoms with Gasteiger partial charge < -0.3 is 16.4 Å². The molecule has 0 spiro atoms. The van der Waals surface area contributed by atoms with Crippen molar-refractivity contribution in [3.05, 3.63) is 72.3 Å². The first-order valence-electron chi connectivity index (χ1n) is 9.94. The highest BCUT2D eigenvalue weighted by molar-refractivity contribution is 6.06. The largest absolute Gasteiger partial charge is 0.384 e. The molecule has 0 saturated heterocycles. The highest BCUT2D eigenvalue weighted by atomic mass is 16.1. The van der Waals surface area contributed by atoms with Gasteiger partial charge in [-0.05, 0) is 23.8 Å². The molecule has 156 valence electrons. The molecule has 0 radical (unpaired) electrons. The van der Waals surface area contributed by atoms with Crippen LogP contribution >= 0.6 is 0 Å². The van der Waals surface area contributed by atoms with E-state index in [0.29, 0.717) is 23.7 Å². The minimum Gasteiger partial charge on any atom is -0.384 e. The van der Waals surface area contributed by atoms with E-state index in [1.165, 1.54) is 6.33 Å². The van der Waals surface area contributed by atoms with Crippen LogP contribution in [-0.2, 0) is 0 Å². The molecule has 31 heavy (non-hydrogen) atoms. The van der Waals surface area contributed by atoms with Crippen LogP contribution in [0.3, 0.4) is 0 Å². The van der Waals surface area contributed by atoms with E-state index in [1.54, 1.807) is 31.6 Å². The number of carbonyl (C=O) groups excluding carboxylic acids is 1. The van der Waals surface area contributed by atoms with Crippen molar-refractivity contribution in [2.75, 3.05) is 24.6 Å². The van der Waals surface area contributed by atoms with Crippen LogP contribution in [0.5, 0.6) is 0 Å². The number of hydrogen-bond donors (Lipinski definition) is 3. The first-order chi connectivity index (χ1) is 15.1. The number of aromatic nitrogens is 4. The number of anilines is 2. The number of nitrogens with two attached hydrogens (primary N) is 1. The molecule has 4 N–H and O–H groups in total. The molecule has 0 aliphatic carbocycles. The van der Waals surface area contributed by atoms with Crippen LogP contribution in [0.4, 0.5) is 11.6 Å². The van der Waals surface area contributed by atoms with Crippen molar-refractivity contribution in [2.24, 2.45) is 0 Å². The fourth-order valence-corrected chi connectivity index (χ4v) is 3.52. The minimum atomic E-state index is -0.124. The van der Waals surface area contributed by atoms with Crippen molar-refractivity contribution in [2.45, 2.75) is 12.8 Å². The lowest BCUT2D eigenvalue weighted by Gasteiger charge is -2.16. The predicted octanol–water partition coefficient (Wildman–Crippen LogP) is 3.24. The second kappa shape index (κ2) is 8.74. The number of nitrogens with one attached hydrogen (secondary N) is 2. The zero-order chi connectivity index (χ0) is 21.8. The van der Waals surface area contributed by atoms with Gasteiger partial charge in [-0.25, -0.2) is 15.0 Å². The molecule has 1 amide bonds. The Kier molecular flexibility index (Phi) is 5.70. The number of amides is 1. The lowest BCUT2D eigenvalue weighted by Crippen LogP contribution is -2.18. The molecule has 1 atom stereocenters. The molecule has 0 aliphatic rings. The molecule has 8 nitrogen and oxygen atoms in total. The Labute approximate surface area is 180 Å². The maximum absolute atomic E-state index is 12.2. The normalized spacial score (nSPS) is 11.8. The SMILES string of the molecule is CNC(=O)c1ccnc2c([C@H](C)CNc3cc(-c4ccnc(N)c4)ncn3)cccc12. The summed E-state index contributed by atoms with van der Waals surface area (Å²) in [5.41, 5.74) is 9.93. The Morgan fingerprint density at radius 2 is 1.90 bits per heavy atom. The average Bonchev–Trinajstić information content (AvgIpc) is 2.81. The lowest BCUT2D eigenvalue weighted by atomic mass is 9.96. The molecule has 0 aliphatic heterocycles. The van der Waals surface area contributed by atoms with E-state index in [9.17, 15) is 4.79 Å². The number of carbonyl (C=O) groups is 1. The summed E-state index contributed by atoms with van der Waals surface area (Å²) in [4.78, 5) is 29.4. The lowest BCUT2D eigenvalue weighted by molar-refractivity contribution is 0.0964. The monoisotopic (exact) mass is 413 g/mol. The first-order valence-corrected chi connectivity index (χ1v) is 9.94. The van der Waals surface area contributed by atoms with Gasteiger partial charge in [0.15, 0.2) is 0 Å². The molecule has 0 fully saturated rings. The summed E-state index contributed by atoms with van der Waals surface area (Å²) in [6.45, 7) is 2.75. The minimum absolute atomic E-state index is 0.124. The Hall–Kier alpha value is -4.07. The van der Waals surface area contributed by atoms with E-state index in [4.69, 9.17) is 5.73 Å². The molecule has 8 heteroatoms. The Bertz CT molecular complexity index is 1240. The van der Waals surface area contributed by atoms with Gasteiger partial charge in [-0.3, -0.25) is 9.78 Å². The number of para-hydroxylation sites is 1. The van der Waals surface area contributed by atoms with Crippen LogP contribution in [0.2, 0.25) is 0 Å². The number of fused-ring (bicyclic) bond motifs is 1. The standard InChI is InChI=1S/C23H23N7O/c1-14(16-4-3-5-17-18(23(31)25-2)7-9-27-22(16)17)12-28-21-11-19(29-13-30-21)15-6-8-26-20(24)10-15/h3-11,13-14H,12H2,1-2H3,(H2,24,26)(H,25,31)(H,28,29,30)/t14-/m1/s1. The van der Waals surface area contributed by atoms with Gasteiger partial charge in [0.05, 0.1) is 16.8 Å². The van der Waals surface area contributed by atoms with Crippen LogP contribution < -0.4 is 16.4 Å². The summed E-state index contributed by atoms with van der Waals surface area (Å²) in [5.74, 6) is 1.16. The predicted molar refractivity (Wildman–Crippen MR) is 122 cm³/mol. The third-order valence-corrected chi connectivity index (χ3v) is 5.14. The zero-order valence-corrected chi connectivity index (χ0v) is 17.3. The smallest absolute Gasteiger partial charge is 0.251 e. The van der Waals surface area contributed by atoms with Gasteiger partial charge in [0.2, 0.25) is 0 Å². The summed E-state index contributed by atoms with van der Waals surface area (Å²) >= 11 is 0. The molecular weight excluding hydrogens is 390 g/mol. The molecule has 4 rings (SSSR count). The topological polar surface area (TPSA) is 119 Å². The Morgan fingerprint density at radius 1 is 1.06 bits per heavy atom. The third-order valence-electron chi connectivity index (χ3n) is 5.14. The summed E-state index contributed by atoms with van der Waals surface area (Å²) in [6.07, 6.45) is 4.85. The number of nitrogens with zero attached hydrogens (tertiary/aromatic N) is 4. The van der Waals surface area contributed by atoms with Gasteiger partial charge in [-0.15, -0.1) is 0 Å². The maximum atomic E-state index is 12.2. The van der Waals surface area contributed by atoms with Gasteiger partial charge in [-0.1, -0.05) is 25.1 Å². The number of pyridine rings is 2. The Morgan fingerprint density at radius 3 is 2.71 bits per heavy atom. The van der Waals surface area contributed by atoms with Crippen molar-refractivity contribution in [3.63, 3.8) is 0 Å². The first kappa shape index (κ1) is 20.2. The van der Waals surface area contributed by atoms with E-state index < -0.39 is 0 Å². The van der Waals surface area contributed by atoms with E-state index in [-0.39, 0.29) is 11.8 Å². The van der Waals surface area contributed by atoms with Crippen molar-refractivity contribution in [1.82, 2.24) is 25.3 Å². The molecule has 3 aromatic heterocycles. The van der Waals surface area contributed by atoms with E-state index in [1.807, 2.05) is 30.3 Å². The van der Waals surface area contributed by atoms with Gasteiger partial charge in [0.1, 0.15) is 18.0 Å². The van der Waals surface area contributed by atoms with Crippen LogP contribution in [0, 0.1) is 0 Å². The number of rotatable bonds is 6. The van der Waals surface area contributed by atoms with Crippen LogP contribution in [-0.4, -0.2) is 39.4 Å². The Balaban J connectivity index is 1.56. The van der Waals surface area contributed by atoms with Crippen LogP contribution in [0.1, 0.15) is 28.8 Å². The summed E-state index contributed by atoms with van der Waals surface area (Å²) in [5, 5.41) is 6.90. The van der Waals surface area contributed by atoms with Gasteiger partial charge in [0, 0.05) is 48.9 Å². The van der Waals surface area contributed by atoms with E-state index in [2.05, 4.69) is 37.5 Å². The number of benzene rings is 1. The third kappa shape index (κ3) is 4.28. The molecule has 3 heterocycles. The fraction of sp³-hybridized carbons (Fsp3) is 0.174.